The predicted molar refractivity (Wildman–Crippen MR) is 225 cm³/mol. The molecule has 13 nitrogen and oxygen atoms in total. The maximum Gasteiger partial charge on any atom is 0.324 e. The van der Waals surface area contributed by atoms with E-state index in [4.69, 9.17) is 24.3 Å². The second-order valence-corrected chi connectivity index (χ2v) is 20.0. The number of rotatable bonds is 13. The minimum atomic E-state index is -1.78. The fraction of sp³-hybridized carbons (Fsp3) is 0.279. The number of amides is 3. The van der Waals surface area contributed by atoms with Gasteiger partial charge in [0.2, 0.25) is 5.88 Å². The Kier molecular flexibility index (Phi) is 11.9. The van der Waals surface area contributed by atoms with E-state index in [0.717, 1.165) is 52.5 Å². The number of carbonyl (C=O) groups is 2. The van der Waals surface area contributed by atoms with E-state index in [1.807, 2.05) is 85.8 Å². The van der Waals surface area contributed by atoms with Gasteiger partial charge in [-0.2, -0.15) is 10.1 Å². The SMILES string of the molecule is COc1cc(Cc2nccc(Oc3ccc(NC(=O)Nc4cc([Si](C)(C)C)nn4-c4ccc(C)cc4)c4ccccc34)n2)cc(C(=O)NCCN2CCOCC2)c1. The second-order valence-electron chi connectivity index (χ2n) is 15.0. The quantitative estimate of drug-likeness (QED) is 0.108. The van der Waals surface area contributed by atoms with Crippen molar-refractivity contribution in [2.45, 2.75) is 33.0 Å². The lowest BCUT2D eigenvalue weighted by Crippen LogP contribution is -2.41. The summed E-state index contributed by atoms with van der Waals surface area (Å²) in [5.41, 5.74) is 3.95. The smallest absolute Gasteiger partial charge is 0.324 e. The van der Waals surface area contributed by atoms with Crippen molar-refractivity contribution in [3.63, 3.8) is 0 Å². The number of nitrogens with one attached hydrogen (secondary N) is 3. The lowest BCUT2D eigenvalue weighted by Gasteiger charge is -2.26. The average Bonchev–Trinajstić information content (AvgIpc) is 3.64. The molecule has 1 saturated heterocycles. The van der Waals surface area contributed by atoms with Gasteiger partial charge < -0.3 is 24.8 Å². The van der Waals surface area contributed by atoms with Crippen LogP contribution in [0.4, 0.5) is 16.3 Å². The van der Waals surface area contributed by atoms with Crippen LogP contribution in [0.15, 0.2) is 97.2 Å². The molecule has 3 amide bonds. The summed E-state index contributed by atoms with van der Waals surface area (Å²) in [5.74, 6) is 2.42. The molecular formula is C43H48N8O5Si. The van der Waals surface area contributed by atoms with Crippen molar-refractivity contribution < 1.29 is 23.8 Å². The Balaban J connectivity index is 1.05. The van der Waals surface area contributed by atoms with Gasteiger partial charge in [0, 0.05) is 66.5 Å². The van der Waals surface area contributed by atoms with E-state index < -0.39 is 14.1 Å². The normalized spacial score (nSPS) is 13.3. The summed E-state index contributed by atoms with van der Waals surface area (Å²) in [4.78, 5) is 38.1. The summed E-state index contributed by atoms with van der Waals surface area (Å²) in [6.07, 6.45) is 2.00. The first-order chi connectivity index (χ1) is 27.5. The minimum absolute atomic E-state index is 0.172. The maximum atomic E-state index is 13.6. The predicted octanol–water partition coefficient (Wildman–Crippen LogP) is 6.77. The number of ether oxygens (including phenoxy) is 3. The van der Waals surface area contributed by atoms with Crippen molar-refractivity contribution in [2.24, 2.45) is 0 Å². The largest absolute Gasteiger partial charge is 0.497 e. The number of nitrogens with zero attached hydrogens (tertiary/aromatic N) is 5. The fourth-order valence-electron chi connectivity index (χ4n) is 6.54. The first-order valence-corrected chi connectivity index (χ1v) is 22.6. The van der Waals surface area contributed by atoms with Crippen LogP contribution >= 0.6 is 0 Å². The van der Waals surface area contributed by atoms with Crippen LogP contribution in [-0.4, -0.2) is 91.2 Å². The van der Waals surface area contributed by atoms with Gasteiger partial charge in [0.15, 0.2) is 0 Å². The van der Waals surface area contributed by atoms with Gasteiger partial charge >= 0.3 is 6.03 Å². The van der Waals surface area contributed by atoms with Gasteiger partial charge in [-0.05, 0) is 61.0 Å². The van der Waals surface area contributed by atoms with E-state index in [1.54, 1.807) is 30.1 Å². The zero-order chi connectivity index (χ0) is 39.9. The molecular weight excluding hydrogens is 737 g/mol. The molecule has 0 bridgehead atoms. The average molecular weight is 785 g/mol. The molecule has 4 aromatic carbocycles. The number of benzene rings is 4. The standard InChI is InChI=1S/C43H48N8O5Si/c1-29-10-12-32(13-11-29)51-39(28-41(49-51)57(3,4)5)48-43(53)46-36-14-15-37(35-9-7-6-8-34(35)36)56-40-16-17-44-38(47-40)26-30-24-31(27-33(25-30)54-2)42(52)45-18-19-50-20-22-55-23-21-50/h6-17,24-25,27-28H,18-23,26H2,1-5H3,(H,45,52)(H2,46,48,53). The lowest BCUT2D eigenvalue weighted by molar-refractivity contribution is 0.0383. The van der Waals surface area contributed by atoms with Crippen molar-refractivity contribution in [1.29, 1.82) is 0 Å². The number of hydrogen-bond acceptors (Lipinski definition) is 9. The fourth-order valence-corrected chi connectivity index (χ4v) is 7.51. The first-order valence-electron chi connectivity index (χ1n) is 19.1. The third-order valence-corrected chi connectivity index (χ3v) is 11.4. The number of hydrogen-bond donors (Lipinski definition) is 3. The van der Waals surface area contributed by atoms with E-state index in [1.165, 1.54) is 0 Å². The van der Waals surface area contributed by atoms with E-state index in [9.17, 15) is 9.59 Å². The van der Waals surface area contributed by atoms with Gasteiger partial charge in [-0.25, -0.2) is 14.5 Å². The Labute approximate surface area is 333 Å². The van der Waals surface area contributed by atoms with Gasteiger partial charge in [-0.3, -0.25) is 15.0 Å². The van der Waals surface area contributed by atoms with E-state index >= 15 is 0 Å². The zero-order valence-electron chi connectivity index (χ0n) is 33.0. The summed E-state index contributed by atoms with van der Waals surface area (Å²) in [5, 5.41) is 16.6. The highest BCUT2D eigenvalue weighted by Gasteiger charge is 2.24. The van der Waals surface area contributed by atoms with Crippen LogP contribution < -0.4 is 30.7 Å². The molecule has 2 aromatic heterocycles. The molecule has 3 heterocycles. The van der Waals surface area contributed by atoms with Crippen molar-refractivity contribution in [3.05, 3.63) is 120 Å². The molecule has 14 heteroatoms. The van der Waals surface area contributed by atoms with Crippen molar-refractivity contribution in [2.75, 3.05) is 57.1 Å². The van der Waals surface area contributed by atoms with Crippen LogP contribution in [0.3, 0.4) is 0 Å². The molecule has 6 aromatic rings. The lowest BCUT2D eigenvalue weighted by atomic mass is 10.1. The molecule has 0 atom stereocenters. The third kappa shape index (κ3) is 9.84. The minimum Gasteiger partial charge on any atom is -0.497 e. The summed E-state index contributed by atoms with van der Waals surface area (Å²) >= 11 is 0. The molecule has 1 aliphatic heterocycles. The molecule has 0 radical (unpaired) electrons. The molecule has 294 valence electrons. The Morgan fingerprint density at radius 3 is 2.42 bits per heavy atom. The Hall–Kier alpha value is -6.09. The third-order valence-electron chi connectivity index (χ3n) is 9.67. The maximum absolute atomic E-state index is 13.6. The molecule has 0 spiro atoms. The number of carbonyl (C=O) groups excluding carboxylic acids is 2. The summed E-state index contributed by atoms with van der Waals surface area (Å²) < 4.78 is 19.1. The van der Waals surface area contributed by atoms with Gasteiger partial charge in [-0.15, -0.1) is 0 Å². The highest BCUT2D eigenvalue weighted by Crippen LogP contribution is 2.34. The molecule has 0 unspecified atom stereocenters. The summed E-state index contributed by atoms with van der Waals surface area (Å²) in [6.45, 7) is 13.2. The highest BCUT2D eigenvalue weighted by atomic mass is 28.3. The monoisotopic (exact) mass is 784 g/mol. The summed E-state index contributed by atoms with van der Waals surface area (Å²) in [6, 6.07) is 28.1. The molecule has 1 fully saturated rings. The molecule has 57 heavy (non-hydrogen) atoms. The van der Waals surface area contributed by atoms with Crippen LogP contribution in [0.5, 0.6) is 17.4 Å². The van der Waals surface area contributed by atoms with Crippen LogP contribution in [0.2, 0.25) is 19.6 Å². The number of morpholine rings is 1. The van der Waals surface area contributed by atoms with Crippen LogP contribution in [0.25, 0.3) is 16.5 Å². The van der Waals surface area contributed by atoms with Gasteiger partial charge in [-0.1, -0.05) is 61.6 Å². The molecule has 1 aliphatic rings. The zero-order valence-corrected chi connectivity index (χ0v) is 34.0. The number of anilines is 2. The summed E-state index contributed by atoms with van der Waals surface area (Å²) in [7, 11) is -0.204. The van der Waals surface area contributed by atoms with E-state index in [2.05, 4.69) is 45.5 Å². The van der Waals surface area contributed by atoms with Gasteiger partial charge in [0.25, 0.3) is 5.91 Å². The topological polar surface area (TPSA) is 145 Å². The molecule has 7 rings (SSSR count). The van der Waals surface area contributed by atoms with Crippen LogP contribution in [-0.2, 0) is 11.2 Å². The second kappa shape index (κ2) is 17.4. The number of fused-ring (bicyclic) bond motifs is 1. The number of aromatic nitrogens is 4. The Morgan fingerprint density at radius 2 is 1.67 bits per heavy atom. The molecule has 0 saturated carbocycles. The first kappa shape index (κ1) is 39.2. The molecule has 3 N–H and O–H groups in total. The highest BCUT2D eigenvalue weighted by molar-refractivity contribution is 6.88. The number of aryl methyl sites for hydroxylation is 1. The van der Waals surface area contributed by atoms with E-state index in [-0.39, 0.29) is 5.91 Å². The number of methoxy groups -OCH3 is 1. The molecule has 0 aliphatic carbocycles. The van der Waals surface area contributed by atoms with Gasteiger partial charge in [0.1, 0.15) is 31.2 Å². The Morgan fingerprint density at radius 1 is 0.895 bits per heavy atom. The van der Waals surface area contributed by atoms with Crippen LogP contribution in [0.1, 0.15) is 27.3 Å². The Bertz CT molecular complexity index is 2370. The van der Waals surface area contributed by atoms with E-state index in [0.29, 0.717) is 66.5 Å². The van der Waals surface area contributed by atoms with Crippen molar-refractivity contribution in [3.8, 4) is 23.1 Å². The van der Waals surface area contributed by atoms with Crippen molar-refractivity contribution >= 4 is 47.6 Å². The van der Waals surface area contributed by atoms with Crippen LogP contribution in [0, 0.1) is 6.92 Å². The van der Waals surface area contributed by atoms with Crippen molar-refractivity contribution in [1.82, 2.24) is 30.0 Å². The number of urea groups is 1. The van der Waals surface area contributed by atoms with Gasteiger partial charge in [0.05, 0.1) is 31.7 Å².